The summed E-state index contributed by atoms with van der Waals surface area (Å²) in [5.74, 6) is 0.435. The topological polar surface area (TPSA) is 29.3 Å². The number of nitrogens with two attached hydrogens (primary N) is 1. The lowest BCUT2D eigenvalue weighted by Crippen LogP contribution is -2.46. The standard InChI is InChI=1S/C17H19IN2S/c18-21-20-12-11-16(13-20)17(19,14-7-3-1-4-8-14)15-9-5-2-6-10-15/h1-10,16H,11-13,19H2. The monoisotopic (exact) mass is 410 g/mol. The Balaban J connectivity index is 2.04. The molecule has 2 aromatic rings. The first-order chi connectivity index (χ1) is 10.2. The van der Waals surface area contributed by atoms with Crippen molar-refractivity contribution in [2.75, 3.05) is 13.1 Å². The van der Waals surface area contributed by atoms with E-state index in [-0.39, 0.29) is 0 Å². The van der Waals surface area contributed by atoms with Crippen LogP contribution in [-0.4, -0.2) is 17.4 Å². The smallest absolute Gasteiger partial charge is 0.0707 e. The molecule has 1 aliphatic heterocycles. The van der Waals surface area contributed by atoms with Gasteiger partial charge in [0.2, 0.25) is 0 Å². The number of hydrogen-bond acceptors (Lipinski definition) is 3. The van der Waals surface area contributed by atoms with Gasteiger partial charge in [-0.1, -0.05) is 60.7 Å². The number of rotatable bonds is 4. The highest BCUT2D eigenvalue weighted by molar-refractivity contribution is 14.2. The van der Waals surface area contributed by atoms with Crippen LogP contribution in [-0.2, 0) is 5.54 Å². The van der Waals surface area contributed by atoms with Gasteiger partial charge in [0.1, 0.15) is 0 Å². The van der Waals surface area contributed by atoms with Crippen LogP contribution in [0.2, 0.25) is 0 Å². The molecule has 0 aromatic heterocycles. The molecule has 21 heavy (non-hydrogen) atoms. The van der Waals surface area contributed by atoms with Crippen LogP contribution in [0.4, 0.5) is 0 Å². The maximum atomic E-state index is 7.02. The Morgan fingerprint density at radius 3 is 1.95 bits per heavy atom. The summed E-state index contributed by atoms with van der Waals surface area (Å²) in [5, 5.41) is 0. The summed E-state index contributed by atoms with van der Waals surface area (Å²) in [6.45, 7) is 2.14. The Kier molecular flexibility index (Phi) is 4.88. The molecule has 110 valence electrons. The van der Waals surface area contributed by atoms with Gasteiger partial charge >= 0.3 is 0 Å². The van der Waals surface area contributed by atoms with Gasteiger partial charge in [-0.15, -0.1) is 0 Å². The predicted molar refractivity (Wildman–Crippen MR) is 99.1 cm³/mol. The van der Waals surface area contributed by atoms with E-state index >= 15 is 0 Å². The SMILES string of the molecule is NC(c1ccccc1)(c1ccccc1)C1CCN(SI)C1. The molecule has 2 N–H and O–H groups in total. The molecule has 1 atom stereocenters. The van der Waals surface area contributed by atoms with Crippen LogP contribution < -0.4 is 5.73 Å². The zero-order chi connectivity index (χ0) is 14.7. The van der Waals surface area contributed by atoms with Crippen LogP contribution in [0.15, 0.2) is 60.7 Å². The largest absolute Gasteiger partial charge is 0.317 e. The third-order valence-electron chi connectivity index (χ3n) is 4.40. The van der Waals surface area contributed by atoms with E-state index in [1.54, 1.807) is 9.12 Å². The molecule has 0 saturated carbocycles. The molecule has 1 saturated heterocycles. The van der Waals surface area contributed by atoms with Gasteiger partial charge in [0.25, 0.3) is 0 Å². The van der Waals surface area contributed by atoms with Gasteiger partial charge < -0.3 is 5.73 Å². The van der Waals surface area contributed by atoms with Crippen LogP contribution in [0.5, 0.6) is 0 Å². The zero-order valence-corrected chi connectivity index (χ0v) is 14.8. The molecule has 1 fully saturated rings. The number of benzene rings is 2. The van der Waals surface area contributed by atoms with Crippen molar-refractivity contribution in [1.82, 2.24) is 4.31 Å². The lowest BCUT2D eigenvalue weighted by Gasteiger charge is -2.36. The van der Waals surface area contributed by atoms with Crippen molar-refractivity contribution < 1.29 is 0 Å². The number of halogens is 1. The second-order valence-corrected chi connectivity index (χ2v) is 7.38. The minimum atomic E-state index is -0.413. The maximum absolute atomic E-state index is 7.02. The van der Waals surface area contributed by atoms with Gasteiger partial charge in [-0.3, -0.25) is 0 Å². The number of nitrogens with zero attached hydrogens (tertiary/aromatic N) is 1. The van der Waals surface area contributed by atoms with E-state index in [1.165, 1.54) is 11.1 Å². The van der Waals surface area contributed by atoms with Crippen LogP contribution in [0.3, 0.4) is 0 Å². The quantitative estimate of drug-likeness (QED) is 0.605. The van der Waals surface area contributed by atoms with E-state index in [1.807, 2.05) is 0 Å². The van der Waals surface area contributed by atoms with Gasteiger partial charge in [0, 0.05) is 40.2 Å². The molecule has 1 heterocycles. The fourth-order valence-electron chi connectivity index (χ4n) is 3.23. The van der Waals surface area contributed by atoms with Crippen molar-refractivity contribution in [1.29, 1.82) is 0 Å². The Bertz CT molecular complexity index is 536. The second kappa shape index (κ2) is 6.69. The molecule has 0 bridgehead atoms. The molecule has 0 radical (unpaired) electrons. The van der Waals surface area contributed by atoms with Crippen molar-refractivity contribution >= 4 is 30.3 Å². The summed E-state index contributed by atoms with van der Waals surface area (Å²) in [4.78, 5) is 0. The summed E-state index contributed by atoms with van der Waals surface area (Å²) in [6, 6.07) is 21.1. The average molecular weight is 410 g/mol. The Morgan fingerprint density at radius 2 is 1.52 bits per heavy atom. The van der Waals surface area contributed by atoms with E-state index < -0.39 is 5.54 Å². The normalized spacial score (nSPS) is 19.8. The van der Waals surface area contributed by atoms with E-state index in [9.17, 15) is 0 Å². The third kappa shape index (κ3) is 2.99. The molecule has 0 amide bonds. The van der Waals surface area contributed by atoms with Crippen molar-refractivity contribution in [3.63, 3.8) is 0 Å². The number of hydrogen-bond donors (Lipinski definition) is 1. The second-order valence-electron chi connectivity index (χ2n) is 5.54. The summed E-state index contributed by atoms with van der Waals surface area (Å²) in [7, 11) is 1.79. The molecule has 2 aromatic carbocycles. The minimum absolute atomic E-state index is 0.413. The summed E-state index contributed by atoms with van der Waals surface area (Å²) >= 11 is 2.36. The summed E-state index contributed by atoms with van der Waals surface area (Å²) < 4.78 is 2.40. The van der Waals surface area contributed by atoms with Crippen LogP contribution in [0, 0.1) is 5.92 Å². The molecular weight excluding hydrogens is 391 g/mol. The molecule has 4 heteroatoms. The average Bonchev–Trinajstić information content (AvgIpc) is 3.05. The lowest BCUT2D eigenvalue weighted by molar-refractivity contribution is 0.342. The lowest BCUT2D eigenvalue weighted by atomic mass is 9.73. The van der Waals surface area contributed by atoms with Crippen molar-refractivity contribution in [2.45, 2.75) is 12.0 Å². The van der Waals surface area contributed by atoms with E-state index in [0.717, 1.165) is 19.5 Å². The summed E-state index contributed by atoms with van der Waals surface area (Å²) in [5.41, 5.74) is 9.03. The Hall–Kier alpha value is -0.560. The highest BCUT2D eigenvalue weighted by Crippen LogP contribution is 2.41. The first kappa shape index (κ1) is 15.3. The first-order valence-electron chi connectivity index (χ1n) is 7.18. The van der Waals surface area contributed by atoms with Crippen molar-refractivity contribution in [3.8, 4) is 0 Å². The maximum Gasteiger partial charge on any atom is 0.0707 e. The van der Waals surface area contributed by atoms with Crippen LogP contribution in [0.1, 0.15) is 17.5 Å². The zero-order valence-electron chi connectivity index (χ0n) is 11.8. The Morgan fingerprint density at radius 1 is 1.00 bits per heavy atom. The molecule has 3 rings (SSSR count). The third-order valence-corrected chi connectivity index (χ3v) is 6.59. The van der Waals surface area contributed by atoms with Crippen molar-refractivity contribution in [3.05, 3.63) is 71.8 Å². The molecule has 0 spiro atoms. The summed E-state index contributed by atoms with van der Waals surface area (Å²) in [6.07, 6.45) is 1.14. The van der Waals surface area contributed by atoms with E-state index in [0.29, 0.717) is 5.92 Å². The van der Waals surface area contributed by atoms with Gasteiger partial charge in [-0.05, 0) is 26.7 Å². The van der Waals surface area contributed by atoms with Gasteiger partial charge in [-0.25, -0.2) is 4.31 Å². The van der Waals surface area contributed by atoms with Crippen LogP contribution >= 0.6 is 30.3 Å². The van der Waals surface area contributed by atoms with Crippen LogP contribution in [0.25, 0.3) is 0 Å². The molecule has 1 unspecified atom stereocenters. The molecular formula is C17H19IN2S. The van der Waals surface area contributed by atoms with E-state index in [2.05, 4.69) is 86.2 Å². The van der Waals surface area contributed by atoms with Gasteiger partial charge in [0.15, 0.2) is 0 Å². The van der Waals surface area contributed by atoms with Gasteiger partial charge in [-0.2, -0.15) is 0 Å². The fraction of sp³-hybridized carbons (Fsp3) is 0.294. The molecule has 0 aliphatic carbocycles. The van der Waals surface area contributed by atoms with Crippen molar-refractivity contribution in [2.24, 2.45) is 11.7 Å². The first-order valence-corrected chi connectivity index (χ1v) is 10.5. The van der Waals surface area contributed by atoms with Gasteiger partial charge in [0.05, 0.1) is 5.54 Å². The highest BCUT2D eigenvalue weighted by atomic mass is 127. The molecule has 1 aliphatic rings. The Labute approximate surface area is 142 Å². The molecule has 2 nitrogen and oxygen atoms in total. The highest BCUT2D eigenvalue weighted by Gasteiger charge is 2.41. The fourth-order valence-corrected chi connectivity index (χ4v) is 4.71. The predicted octanol–water partition coefficient (Wildman–Crippen LogP) is 4.21. The minimum Gasteiger partial charge on any atom is -0.317 e. The van der Waals surface area contributed by atoms with E-state index in [4.69, 9.17) is 5.73 Å².